The molecule has 12 heteroatoms. The van der Waals surface area contributed by atoms with E-state index in [1.54, 1.807) is 0 Å². The van der Waals surface area contributed by atoms with Crippen molar-refractivity contribution in [1.82, 2.24) is 0 Å². The number of hydrogen-bond donors (Lipinski definition) is 2. The first-order valence-electron chi connectivity index (χ1n) is 8.20. The van der Waals surface area contributed by atoms with Gasteiger partial charge < -0.3 is 19.7 Å². The topological polar surface area (TPSA) is 93.1 Å². The van der Waals surface area contributed by atoms with Crippen molar-refractivity contribution in [3.63, 3.8) is 0 Å². The van der Waals surface area contributed by atoms with Gasteiger partial charge in [0.25, 0.3) is 0 Å². The summed E-state index contributed by atoms with van der Waals surface area (Å²) < 4.78 is 80.6. The lowest BCUT2D eigenvalue weighted by atomic mass is 10.1. The fraction of sp³-hybridized carbons (Fsp3) is 0.867. The van der Waals surface area contributed by atoms with Crippen LogP contribution in [0.1, 0.15) is 44.9 Å². The van der Waals surface area contributed by atoms with E-state index in [1.807, 2.05) is 0 Å². The van der Waals surface area contributed by atoms with Crippen molar-refractivity contribution < 1.29 is 55.6 Å². The zero-order chi connectivity index (χ0) is 21.1. The van der Waals surface area contributed by atoms with E-state index in [0.717, 1.165) is 6.42 Å². The molecule has 0 bridgehead atoms. The number of unbranched alkanes of at least 4 members (excludes halogenated alkanes) is 6. The molecule has 0 unspecified atom stereocenters. The van der Waals surface area contributed by atoms with E-state index in [0.29, 0.717) is 38.5 Å². The number of aliphatic hydroxyl groups excluding tert-OH is 2. The second-order valence-electron chi connectivity index (χ2n) is 5.70. The van der Waals surface area contributed by atoms with E-state index < -0.39 is 36.5 Å². The van der Waals surface area contributed by atoms with Crippen LogP contribution in [0.2, 0.25) is 0 Å². The molecule has 0 saturated carbocycles. The smallest absolute Gasteiger partial charge is 0.425 e. The number of halogens is 6. The summed E-state index contributed by atoms with van der Waals surface area (Å²) in [5.41, 5.74) is 0. The van der Waals surface area contributed by atoms with Gasteiger partial charge in [0.1, 0.15) is 0 Å². The third kappa shape index (κ3) is 11.7. The second-order valence-corrected chi connectivity index (χ2v) is 5.70. The molecule has 0 aliphatic carbocycles. The van der Waals surface area contributed by atoms with Crippen LogP contribution in [0, 0.1) is 0 Å². The van der Waals surface area contributed by atoms with Crippen molar-refractivity contribution in [3.05, 3.63) is 0 Å². The van der Waals surface area contributed by atoms with Gasteiger partial charge in [-0.15, -0.1) is 0 Å². The number of esters is 2. The molecule has 2 atom stereocenters. The van der Waals surface area contributed by atoms with Gasteiger partial charge in [0, 0.05) is 0 Å². The first kappa shape index (κ1) is 25.4. The van der Waals surface area contributed by atoms with Gasteiger partial charge in [-0.25, -0.2) is 9.59 Å². The number of aliphatic hydroxyl groups is 2. The normalized spacial score (nSPS) is 14.5. The molecule has 0 amide bonds. The Morgan fingerprint density at radius 1 is 0.630 bits per heavy atom. The maximum atomic E-state index is 12.0. The van der Waals surface area contributed by atoms with Crippen LogP contribution < -0.4 is 0 Å². The van der Waals surface area contributed by atoms with Gasteiger partial charge in [-0.2, -0.15) is 26.3 Å². The fourth-order valence-electron chi connectivity index (χ4n) is 1.86. The molecule has 0 aromatic carbocycles. The molecule has 0 radical (unpaired) electrons. The summed E-state index contributed by atoms with van der Waals surface area (Å²) in [5, 5.41) is 17.2. The zero-order valence-corrected chi connectivity index (χ0v) is 14.3. The summed E-state index contributed by atoms with van der Waals surface area (Å²) in [6.45, 7) is -0.493. The number of carbonyl (C=O) groups excluding carboxylic acids is 2. The van der Waals surface area contributed by atoms with Gasteiger partial charge in [-0.3, -0.25) is 0 Å². The molecule has 0 rings (SSSR count). The Hall–Kier alpha value is -1.56. The van der Waals surface area contributed by atoms with E-state index in [9.17, 15) is 35.9 Å². The molecule has 0 aliphatic heterocycles. The summed E-state index contributed by atoms with van der Waals surface area (Å²) in [5.74, 6) is -3.49. The van der Waals surface area contributed by atoms with E-state index >= 15 is 0 Å². The highest BCUT2D eigenvalue weighted by molar-refractivity contribution is 5.75. The van der Waals surface area contributed by atoms with Crippen molar-refractivity contribution in [3.8, 4) is 0 Å². The second kappa shape index (κ2) is 12.0. The quantitative estimate of drug-likeness (QED) is 0.291. The lowest BCUT2D eigenvalue weighted by Gasteiger charge is -2.13. The number of alkyl halides is 6. The Kier molecular flexibility index (Phi) is 11.3. The molecule has 0 aromatic rings. The minimum absolute atomic E-state index is 0.247. The summed E-state index contributed by atoms with van der Waals surface area (Å²) in [4.78, 5) is 21.7. The van der Waals surface area contributed by atoms with Crippen molar-refractivity contribution >= 4 is 11.9 Å². The summed E-state index contributed by atoms with van der Waals surface area (Å²) in [6.07, 6.45) is -12.5. The summed E-state index contributed by atoms with van der Waals surface area (Å²) in [7, 11) is 0. The average molecular weight is 412 g/mol. The Balaban J connectivity index is 3.54. The first-order chi connectivity index (χ1) is 12.4. The lowest BCUT2D eigenvalue weighted by Crippen LogP contribution is -2.37. The van der Waals surface area contributed by atoms with Crippen LogP contribution in [0.15, 0.2) is 0 Å². The zero-order valence-electron chi connectivity index (χ0n) is 14.3. The van der Waals surface area contributed by atoms with E-state index in [2.05, 4.69) is 9.47 Å². The van der Waals surface area contributed by atoms with Gasteiger partial charge in [0.15, 0.2) is 0 Å². The predicted octanol–water partition coefficient (Wildman–Crippen LogP) is 2.65. The van der Waals surface area contributed by atoms with Crippen LogP contribution >= 0.6 is 0 Å². The monoisotopic (exact) mass is 412 g/mol. The Morgan fingerprint density at radius 3 is 1.15 bits per heavy atom. The molecular weight excluding hydrogens is 390 g/mol. The van der Waals surface area contributed by atoms with Gasteiger partial charge in [-0.1, -0.05) is 32.1 Å². The van der Waals surface area contributed by atoms with Crippen molar-refractivity contribution in [2.24, 2.45) is 0 Å². The highest BCUT2D eigenvalue weighted by Crippen LogP contribution is 2.21. The summed E-state index contributed by atoms with van der Waals surface area (Å²) >= 11 is 0. The van der Waals surface area contributed by atoms with E-state index in [1.165, 1.54) is 0 Å². The molecule has 0 aliphatic rings. The van der Waals surface area contributed by atoms with Crippen LogP contribution in [0.25, 0.3) is 0 Å². The molecule has 27 heavy (non-hydrogen) atoms. The molecule has 2 N–H and O–H groups in total. The molecule has 6 nitrogen and oxygen atoms in total. The molecule has 0 aromatic heterocycles. The molecule has 160 valence electrons. The van der Waals surface area contributed by atoms with Crippen molar-refractivity contribution in [2.45, 2.75) is 69.5 Å². The Morgan fingerprint density at radius 2 is 0.889 bits per heavy atom. The molecular formula is C15H22F6O6. The fourth-order valence-corrected chi connectivity index (χ4v) is 1.86. The minimum Gasteiger partial charge on any atom is -0.464 e. The van der Waals surface area contributed by atoms with Crippen LogP contribution in [-0.2, 0) is 19.1 Å². The van der Waals surface area contributed by atoms with Gasteiger partial charge in [0.2, 0.25) is 12.2 Å². The standard InChI is InChI=1S/C15H22F6O6/c16-14(17,18)10(22)12(24)26-8-6-4-2-1-3-5-7-9-27-13(25)11(23)15(19,20)21/h10-11,22-23H,1-9H2/t10-,11+. The largest absolute Gasteiger partial charge is 0.464 e. The lowest BCUT2D eigenvalue weighted by molar-refractivity contribution is -0.219. The highest BCUT2D eigenvalue weighted by Gasteiger charge is 2.45. The molecule has 0 saturated heterocycles. The van der Waals surface area contributed by atoms with Crippen LogP contribution in [-0.4, -0.2) is 59.9 Å². The van der Waals surface area contributed by atoms with Gasteiger partial charge in [-0.05, 0) is 12.8 Å². The molecule has 0 fully saturated rings. The van der Waals surface area contributed by atoms with Crippen molar-refractivity contribution in [2.75, 3.05) is 13.2 Å². The van der Waals surface area contributed by atoms with Crippen LogP contribution in [0.4, 0.5) is 26.3 Å². The predicted molar refractivity (Wildman–Crippen MR) is 78.4 cm³/mol. The Bertz CT molecular complexity index is 411. The van der Waals surface area contributed by atoms with E-state index in [4.69, 9.17) is 10.2 Å². The first-order valence-corrected chi connectivity index (χ1v) is 8.20. The average Bonchev–Trinajstić information content (AvgIpc) is 2.56. The minimum atomic E-state index is -5.06. The molecule has 0 heterocycles. The maximum absolute atomic E-state index is 12.0. The Labute approximate surface area is 151 Å². The number of carbonyl (C=O) groups is 2. The molecule has 0 spiro atoms. The van der Waals surface area contributed by atoms with Crippen molar-refractivity contribution in [1.29, 1.82) is 0 Å². The number of hydrogen-bond acceptors (Lipinski definition) is 6. The summed E-state index contributed by atoms with van der Waals surface area (Å²) in [6, 6.07) is 0. The number of rotatable bonds is 12. The van der Waals surface area contributed by atoms with Gasteiger partial charge >= 0.3 is 24.3 Å². The van der Waals surface area contributed by atoms with E-state index in [-0.39, 0.29) is 13.2 Å². The SMILES string of the molecule is O=C(OCCCCCCCCCOC(=O)[C@H](O)C(F)(F)F)[C@@H](O)C(F)(F)F. The third-order valence-corrected chi connectivity index (χ3v) is 3.34. The third-order valence-electron chi connectivity index (χ3n) is 3.34. The number of ether oxygens (including phenoxy) is 2. The van der Waals surface area contributed by atoms with Crippen LogP contribution in [0.3, 0.4) is 0 Å². The van der Waals surface area contributed by atoms with Gasteiger partial charge in [0.05, 0.1) is 13.2 Å². The highest BCUT2D eigenvalue weighted by atomic mass is 19.4. The maximum Gasteiger partial charge on any atom is 0.425 e. The van der Waals surface area contributed by atoms with Crippen LogP contribution in [0.5, 0.6) is 0 Å².